The summed E-state index contributed by atoms with van der Waals surface area (Å²) in [4.78, 5) is 4.17. The van der Waals surface area contributed by atoms with Crippen molar-refractivity contribution in [3.8, 4) is 11.5 Å². The highest BCUT2D eigenvalue weighted by Crippen LogP contribution is 2.27. The fraction of sp³-hybridized carbons (Fsp3) is 0.214. The second-order valence-corrected chi connectivity index (χ2v) is 4.34. The van der Waals surface area contributed by atoms with Gasteiger partial charge >= 0.3 is 0 Å². The first kappa shape index (κ1) is 13.5. The van der Waals surface area contributed by atoms with Crippen LogP contribution in [0.2, 0.25) is 5.02 Å². The molecule has 2 rings (SSSR count). The fourth-order valence-electron chi connectivity index (χ4n) is 1.66. The Morgan fingerprint density at radius 3 is 2.53 bits per heavy atom. The predicted molar refractivity (Wildman–Crippen MR) is 76.1 cm³/mol. The molecule has 1 heterocycles. The van der Waals surface area contributed by atoms with Crippen molar-refractivity contribution in [2.75, 3.05) is 19.5 Å². The number of rotatable bonds is 5. The van der Waals surface area contributed by atoms with Crippen LogP contribution in [0.4, 0.5) is 5.82 Å². The summed E-state index contributed by atoms with van der Waals surface area (Å²) in [5.74, 6) is 2.21. The number of hydrogen-bond donors (Lipinski definition) is 1. The Hall–Kier alpha value is -1.94. The van der Waals surface area contributed by atoms with Crippen molar-refractivity contribution in [3.63, 3.8) is 0 Å². The van der Waals surface area contributed by atoms with Gasteiger partial charge in [0.15, 0.2) is 11.5 Å². The van der Waals surface area contributed by atoms with Gasteiger partial charge in [-0.1, -0.05) is 17.7 Å². The lowest BCUT2D eigenvalue weighted by atomic mass is 10.2. The zero-order valence-electron chi connectivity index (χ0n) is 10.8. The molecular formula is C14H15ClN2O2. The summed E-state index contributed by atoms with van der Waals surface area (Å²) in [5.41, 5.74) is 1.08. The average molecular weight is 279 g/mol. The van der Waals surface area contributed by atoms with Crippen LogP contribution < -0.4 is 14.8 Å². The smallest absolute Gasteiger partial charge is 0.161 e. The van der Waals surface area contributed by atoms with Crippen LogP contribution in [0.25, 0.3) is 0 Å². The van der Waals surface area contributed by atoms with Crippen LogP contribution in [-0.4, -0.2) is 19.2 Å². The molecule has 1 aromatic carbocycles. The fourth-order valence-corrected chi connectivity index (χ4v) is 1.78. The monoisotopic (exact) mass is 278 g/mol. The van der Waals surface area contributed by atoms with E-state index in [0.29, 0.717) is 17.3 Å². The molecule has 0 amide bonds. The number of nitrogens with zero attached hydrogens (tertiary/aromatic N) is 1. The topological polar surface area (TPSA) is 43.4 Å². The van der Waals surface area contributed by atoms with Gasteiger partial charge in [0, 0.05) is 12.7 Å². The maximum absolute atomic E-state index is 5.78. The largest absolute Gasteiger partial charge is 0.493 e. The summed E-state index contributed by atoms with van der Waals surface area (Å²) in [6.07, 6.45) is 1.61. The molecule has 0 radical (unpaired) electrons. The standard InChI is InChI=1S/C14H15ClN2O2/c1-18-12-5-3-10(7-13(12)19-2)8-16-14-6-4-11(15)9-17-14/h3-7,9H,8H2,1-2H3,(H,16,17). The van der Waals surface area contributed by atoms with Crippen molar-refractivity contribution in [3.05, 3.63) is 47.1 Å². The number of nitrogens with one attached hydrogen (secondary N) is 1. The van der Waals surface area contributed by atoms with Gasteiger partial charge in [-0.3, -0.25) is 0 Å². The van der Waals surface area contributed by atoms with E-state index < -0.39 is 0 Å². The van der Waals surface area contributed by atoms with Crippen LogP contribution in [0.15, 0.2) is 36.5 Å². The predicted octanol–water partition coefficient (Wildman–Crippen LogP) is 3.36. The molecular weight excluding hydrogens is 264 g/mol. The lowest BCUT2D eigenvalue weighted by Gasteiger charge is -2.10. The van der Waals surface area contributed by atoms with E-state index in [1.54, 1.807) is 26.5 Å². The van der Waals surface area contributed by atoms with Gasteiger partial charge in [-0.05, 0) is 29.8 Å². The van der Waals surface area contributed by atoms with Crippen LogP contribution >= 0.6 is 11.6 Å². The van der Waals surface area contributed by atoms with Crippen molar-refractivity contribution >= 4 is 17.4 Å². The maximum atomic E-state index is 5.78. The molecule has 4 nitrogen and oxygen atoms in total. The molecule has 0 saturated carbocycles. The van der Waals surface area contributed by atoms with Crippen LogP contribution in [0.1, 0.15) is 5.56 Å². The van der Waals surface area contributed by atoms with E-state index in [4.69, 9.17) is 21.1 Å². The molecule has 0 unspecified atom stereocenters. The van der Waals surface area contributed by atoms with E-state index in [-0.39, 0.29) is 0 Å². The minimum Gasteiger partial charge on any atom is -0.493 e. The van der Waals surface area contributed by atoms with Crippen molar-refractivity contribution in [1.29, 1.82) is 0 Å². The third-order valence-electron chi connectivity index (χ3n) is 2.65. The van der Waals surface area contributed by atoms with E-state index in [1.165, 1.54) is 0 Å². The van der Waals surface area contributed by atoms with Crippen LogP contribution in [0.3, 0.4) is 0 Å². The lowest BCUT2D eigenvalue weighted by Crippen LogP contribution is -2.01. The zero-order chi connectivity index (χ0) is 13.7. The lowest BCUT2D eigenvalue weighted by molar-refractivity contribution is 0.354. The molecule has 0 atom stereocenters. The maximum Gasteiger partial charge on any atom is 0.161 e. The quantitative estimate of drug-likeness (QED) is 0.911. The molecule has 0 saturated heterocycles. The van der Waals surface area contributed by atoms with E-state index in [9.17, 15) is 0 Å². The van der Waals surface area contributed by atoms with Gasteiger partial charge in [-0.25, -0.2) is 4.98 Å². The molecule has 100 valence electrons. The Labute approximate surface area is 117 Å². The number of halogens is 1. The number of hydrogen-bond acceptors (Lipinski definition) is 4. The van der Waals surface area contributed by atoms with Gasteiger partial charge in [0.05, 0.1) is 19.2 Å². The van der Waals surface area contributed by atoms with E-state index in [1.807, 2.05) is 24.3 Å². The molecule has 19 heavy (non-hydrogen) atoms. The van der Waals surface area contributed by atoms with Gasteiger partial charge in [-0.2, -0.15) is 0 Å². The third kappa shape index (κ3) is 3.51. The van der Waals surface area contributed by atoms with Gasteiger partial charge in [0.25, 0.3) is 0 Å². The number of methoxy groups -OCH3 is 2. The summed E-state index contributed by atoms with van der Waals surface area (Å²) in [6, 6.07) is 9.42. The minimum atomic E-state index is 0.622. The molecule has 0 aliphatic carbocycles. The SMILES string of the molecule is COc1ccc(CNc2ccc(Cl)cn2)cc1OC. The van der Waals surface area contributed by atoms with Gasteiger partial charge in [0.1, 0.15) is 5.82 Å². The van der Waals surface area contributed by atoms with Crippen LogP contribution in [0, 0.1) is 0 Å². The van der Waals surface area contributed by atoms with Crippen molar-refractivity contribution < 1.29 is 9.47 Å². The summed E-state index contributed by atoms with van der Waals surface area (Å²) in [5, 5.41) is 3.83. The summed E-state index contributed by atoms with van der Waals surface area (Å²) >= 11 is 5.78. The molecule has 0 spiro atoms. The van der Waals surface area contributed by atoms with Crippen LogP contribution in [0.5, 0.6) is 11.5 Å². The Balaban J connectivity index is 2.05. The van der Waals surface area contributed by atoms with Gasteiger partial charge in [0.2, 0.25) is 0 Å². The Bertz CT molecular complexity index is 544. The molecule has 1 aromatic heterocycles. The second kappa shape index (κ2) is 6.29. The Kier molecular flexibility index (Phi) is 4.47. The second-order valence-electron chi connectivity index (χ2n) is 3.90. The molecule has 0 aliphatic rings. The van der Waals surface area contributed by atoms with Crippen molar-refractivity contribution in [2.45, 2.75) is 6.54 Å². The van der Waals surface area contributed by atoms with Crippen molar-refractivity contribution in [1.82, 2.24) is 4.98 Å². The highest BCUT2D eigenvalue weighted by atomic mass is 35.5. The van der Waals surface area contributed by atoms with E-state index in [0.717, 1.165) is 17.1 Å². The highest BCUT2D eigenvalue weighted by Gasteiger charge is 2.04. The Morgan fingerprint density at radius 1 is 1.11 bits per heavy atom. The van der Waals surface area contributed by atoms with Gasteiger partial charge < -0.3 is 14.8 Å². The summed E-state index contributed by atoms with van der Waals surface area (Å²) in [6.45, 7) is 0.648. The van der Waals surface area contributed by atoms with E-state index >= 15 is 0 Å². The summed E-state index contributed by atoms with van der Waals surface area (Å²) in [7, 11) is 3.24. The van der Waals surface area contributed by atoms with Crippen molar-refractivity contribution in [2.24, 2.45) is 0 Å². The normalized spacial score (nSPS) is 10.1. The molecule has 0 bridgehead atoms. The first-order valence-corrected chi connectivity index (χ1v) is 6.17. The number of aromatic nitrogens is 1. The molecule has 1 N–H and O–H groups in total. The van der Waals surface area contributed by atoms with Crippen LogP contribution in [-0.2, 0) is 6.54 Å². The Morgan fingerprint density at radius 2 is 1.89 bits per heavy atom. The first-order chi connectivity index (χ1) is 9.22. The molecule has 0 fully saturated rings. The minimum absolute atomic E-state index is 0.622. The number of benzene rings is 1. The highest BCUT2D eigenvalue weighted by molar-refractivity contribution is 6.30. The number of anilines is 1. The average Bonchev–Trinajstić information content (AvgIpc) is 2.46. The first-order valence-electron chi connectivity index (χ1n) is 5.79. The summed E-state index contributed by atoms with van der Waals surface area (Å²) < 4.78 is 10.5. The van der Waals surface area contributed by atoms with E-state index in [2.05, 4.69) is 10.3 Å². The molecule has 2 aromatic rings. The third-order valence-corrected chi connectivity index (χ3v) is 2.87. The number of ether oxygens (including phenoxy) is 2. The molecule has 0 aliphatic heterocycles. The number of pyridine rings is 1. The zero-order valence-corrected chi connectivity index (χ0v) is 11.6. The van der Waals surface area contributed by atoms with Gasteiger partial charge in [-0.15, -0.1) is 0 Å². The molecule has 5 heteroatoms.